The van der Waals surface area contributed by atoms with Crippen LogP contribution in [0, 0.1) is 5.82 Å². The second-order valence-electron chi connectivity index (χ2n) is 8.62. The fourth-order valence-corrected chi connectivity index (χ4v) is 5.07. The summed E-state index contributed by atoms with van der Waals surface area (Å²) in [5.74, 6) is 0.816. The second-order valence-corrected chi connectivity index (χ2v) is 9.97. The van der Waals surface area contributed by atoms with Crippen molar-refractivity contribution in [2.45, 2.75) is 38.1 Å². The predicted octanol–water partition coefficient (Wildman–Crippen LogP) is 5.36. The third kappa shape index (κ3) is 6.48. The summed E-state index contributed by atoms with van der Waals surface area (Å²) in [6.45, 7) is 8.80. The van der Waals surface area contributed by atoms with Gasteiger partial charge < -0.3 is 24.3 Å². The topological polar surface area (TPSA) is 81.5 Å². The molecule has 1 fully saturated rings. The maximum absolute atomic E-state index is 13.2. The molecule has 11 heteroatoms. The van der Waals surface area contributed by atoms with Crippen molar-refractivity contribution in [3.05, 3.63) is 59.1 Å². The zero-order valence-corrected chi connectivity index (χ0v) is 22.0. The molecule has 4 rings (SSSR count). The van der Waals surface area contributed by atoms with Crippen LogP contribution in [0.15, 0.2) is 47.6 Å². The third-order valence-corrected chi connectivity index (χ3v) is 6.86. The van der Waals surface area contributed by atoms with Crippen molar-refractivity contribution in [1.82, 2.24) is 14.8 Å². The molecule has 0 aliphatic carbocycles. The molecule has 1 aromatic heterocycles. The van der Waals surface area contributed by atoms with Gasteiger partial charge >= 0.3 is 0 Å². The SMILES string of the molecule is CC(Oc1ccc(F)cc1)c1nnc(SCC(=O)Nc2ccc(N3CCOCC3)c(Cl)c2)n1C(C)C. The third-order valence-electron chi connectivity index (χ3n) is 5.61. The fourth-order valence-electron chi connectivity index (χ4n) is 3.89. The van der Waals surface area contributed by atoms with Crippen molar-refractivity contribution >= 4 is 40.6 Å². The van der Waals surface area contributed by atoms with Crippen LogP contribution < -0.4 is 15.0 Å². The van der Waals surface area contributed by atoms with Gasteiger partial charge in [-0.25, -0.2) is 4.39 Å². The summed E-state index contributed by atoms with van der Waals surface area (Å²) in [5.41, 5.74) is 1.57. The quantitative estimate of drug-likeness (QED) is 0.371. The second kappa shape index (κ2) is 11.9. The van der Waals surface area contributed by atoms with Crippen LogP contribution in [0.4, 0.5) is 15.8 Å². The Morgan fingerprint density at radius 2 is 1.89 bits per heavy atom. The molecule has 3 aromatic rings. The lowest BCUT2D eigenvalue weighted by Crippen LogP contribution is -2.36. The highest BCUT2D eigenvalue weighted by Gasteiger charge is 2.22. The highest BCUT2D eigenvalue weighted by atomic mass is 35.5. The number of ether oxygens (including phenoxy) is 2. The van der Waals surface area contributed by atoms with E-state index in [-0.39, 0.29) is 23.5 Å². The molecule has 1 unspecified atom stereocenters. The molecule has 192 valence electrons. The fraction of sp³-hybridized carbons (Fsp3) is 0.400. The van der Waals surface area contributed by atoms with Crippen LogP contribution >= 0.6 is 23.4 Å². The van der Waals surface area contributed by atoms with Crippen LogP contribution in [0.25, 0.3) is 0 Å². The first-order chi connectivity index (χ1) is 17.3. The number of anilines is 2. The number of carbonyl (C=O) groups excluding carboxylic acids is 1. The number of thioether (sulfide) groups is 1. The van der Waals surface area contributed by atoms with E-state index in [1.165, 1.54) is 23.9 Å². The maximum atomic E-state index is 13.2. The van der Waals surface area contributed by atoms with E-state index in [0.717, 1.165) is 18.8 Å². The minimum Gasteiger partial charge on any atom is -0.483 e. The zero-order chi connectivity index (χ0) is 25.7. The van der Waals surface area contributed by atoms with E-state index in [4.69, 9.17) is 21.1 Å². The summed E-state index contributed by atoms with van der Waals surface area (Å²) in [6, 6.07) is 11.4. The molecule has 1 atom stereocenters. The van der Waals surface area contributed by atoms with Gasteiger partial charge in [-0.1, -0.05) is 23.4 Å². The van der Waals surface area contributed by atoms with Gasteiger partial charge in [0.1, 0.15) is 11.6 Å². The molecule has 1 aliphatic rings. The van der Waals surface area contributed by atoms with E-state index in [1.54, 1.807) is 18.2 Å². The molecule has 0 saturated carbocycles. The van der Waals surface area contributed by atoms with E-state index in [0.29, 0.717) is 40.7 Å². The summed E-state index contributed by atoms with van der Waals surface area (Å²) in [7, 11) is 0. The summed E-state index contributed by atoms with van der Waals surface area (Å²) in [6.07, 6.45) is -0.416. The zero-order valence-electron chi connectivity index (χ0n) is 20.4. The smallest absolute Gasteiger partial charge is 0.234 e. The lowest BCUT2D eigenvalue weighted by molar-refractivity contribution is -0.113. The molecular formula is C25H29ClFN5O3S. The van der Waals surface area contributed by atoms with Crippen LogP contribution in [0.1, 0.15) is 38.7 Å². The molecule has 1 amide bonds. The standard InChI is InChI=1S/C25H29ClFN5O3S/c1-16(2)32-24(17(3)35-20-7-4-18(27)5-8-20)29-30-25(32)36-15-23(33)28-19-6-9-22(21(26)14-19)31-10-12-34-13-11-31/h4-9,14,16-17H,10-13,15H2,1-3H3,(H,28,33). The van der Waals surface area contributed by atoms with Gasteiger partial charge in [0, 0.05) is 24.8 Å². The van der Waals surface area contributed by atoms with Gasteiger partial charge in [0.2, 0.25) is 5.91 Å². The number of rotatable bonds is 9. The number of amides is 1. The number of nitrogens with one attached hydrogen (secondary N) is 1. The average molecular weight is 534 g/mol. The summed E-state index contributed by atoms with van der Waals surface area (Å²) < 4.78 is 26.5. The Morgan fingerprint density at radius 3 is 2.56 bits per heavy atom. The minimum atomic E-state index is -0.416. The predicted molar refractivity (Wildman–Crippen MR) is 140 cm³/mol. The van der Waals surface area contributed by atoms with Crippen molar-refractivity contribution < 1.29 is 18.7 Å². The Kier molecular flexibility index (Phi) is 8.71. The van der Waals surface area contributed by atoms with Gasteiger partial charge in [-0.15, -0.1) is 10.2 Å². The van der Waals surface area contributed by atoms with Crippen molar-refractivity contribution in [3.8, 4) is 5.75 Å². The van der Waals surface area contributed by atoms with Crippen LogP contribution in [-0.4, -0.2) is 52.7 Å². The van der Waals surface area contributed by atoms with Crippen LogP contribution in [0.3, 0.4) is 0 Å². The molecule has 0 spiro atoms. The van der Waals surface area contributed by atoms with E-state index in [2.05, 4.69) is 20.4 Å². The molecule has 1 saturated heterocycles. The monoisotopic (exact) mass is 533 g/mol. The number of benzene rings is 2. The average Bonchev–Trinajstić information content (AvgIpc) is 3.29. The number of carbonyl (C=O) groups is 1. The molecule has 2 heterocycles. The summed E-state index contributed by atoms with van der Waals surface area (Å²) >= 11 is 7.78. The number of halogens is 2. The van der Waals surface area contributed by atoms with Gasteiger partial charge in [-0.05, 0) is 63.2 Å². The van der Waals surface area contributed by atoms with Crippen molar-refractivity contribution in [2.75, 3.05) is 42.3 Å². The first-order valence-corrected chi connectivity index (χ1v) is 13.1. The Hall–Kier alpha value is -2.82. The van der Waals surface area contributed by atoms with Crippen molar-refractivity contribution in [1.29, 1.82) is 0 Å². The van der Waals surface area contributed by atoms with E-state index in [1.807, 2.05) is 37.5 Å². The van der Waals surface area contributed by atoms with Gasteiger partial charge in [-0.2, -0.15) is 0 Å². The Labute approximate surface area is 219 Å². The molecule has 8 nitrogen and oxygen atoms in total. The molecule has 0 radical (unpaired) electrons. The van der Waals surface area contributed by atoms with E-state index in [9.17, 15) is 9.18 Å². The van der Waals surface area contributed by atoms with E-state index < -0.39 is 6.10 Å². The first kappa shape index (κ1) is 26.2. The van der Waals surface area contributed by atoms with Gasteiger partial charge in [0.15, 0.2) is 17.1 Å². The molecule has 0 bridgehead atoms. The van der Waals surface area contributed by atoms with Gasteiger partial charge in [0.25, 0.3) is 0 Å². The molecule has 36 heavy (non-hydrogen) atoms. The van der Waals surface area contributed by atoms with Gasteiger partial charge in [-0.3, -0.25) is 4.79 Å². The minimum absolute atomic E-state index is 0.0476. The Morgan fingerprint density at radius 1 is 1.17 bits per heavy atom. The Balaban J connectivity index is 1.37. The van der Waals surface area contributed by atoms with E-state index >= 15 is 0 Å². The number of aromatic nitrogens is 3. The van der Waals surface area contributed by atoms with Gasteiger partial charge in [0.05, 0.1) is 29.7 Å². The highest BCUT2D eigenvalue weighted by Crippen LogP contribution is 2.30. The largest absolute Gasteiger partial charge is 0.483 e. The number of nitrogens with zero attached hydrogens (tertiary/aromatic N) is 4. The maximum Gasteiger partial charge on any atom is 0.234 e. The van der Waals surface area contributed by atoms with Crippen LogP contribution in [0.2, 0.25) is 5.02 Å². The Bertz CT molecular complexity index is 1180. The molecule has 1 aliphatic heterocycles. The normalized spacial score (nSPS) is 14.7. The van der Waals surface area contributed by atoms with Crippen LogP contribution in [0.5, 0.6) is 5.75 Å². The molecule has 1 N–H and O–H groups in total. The van der Waals surface area contributed by atoms with Crippen LogP contribution in [-0.2, 0) is 9.53 Å². The summed E-state index contributed by atoms with van der Waals surface area (Å²) in [5, 5.41) is 12.7. The highest BCUT2D eigenvalue weighted by molar-refractivity contribution is 7.99. The number of hydrogen-bond acceptors (Lipinski definition) is 7. The first-order valence-electron chi connectivity index (χ1n) is 11.7. The summed E-state index contributed by atoms with van der Waals surface area (Å²) in [4.78, 5) is 14.8. The number of hydrogen-bond donors (Lipinski definition) is 1. The molecular weight excluding hydrogens is 505 g/mol. The lowest BCUT2D eigenvalue weighted by Gasteiger charge is -2.29. The number of morpholine rings is 1. The lowest BCUT2D eigenvalue weighted by atomic mass is 10.2. The van der Waals surface area contributed by atoms with Crippen molar-refractivity contribution in [3.63, 3.8) is 0 Å². The van der Waals surface area contributed by atoms with Crippen molar-refractivity contribution in [2.24, 2.45) is 0 Å². The molecule has 2 aromatic carbocycles.